The first kappa shape index (κ1) is 14.6. The average molecular weight is 368 g/mol. The van der Waals surface area contributed by atoms with E-state index < -0.39 is 16.7 Å². The fraction of sp³-hybridized carbons (Fsp3) is 0.300. The Balaban J connectivity index is 2.83. The van der Waals surface area contributed by atoms with Crippen LogP contribution in [0.2, 0.25) is 0 Å². The largest absolute Gasteiger partial charge is 0.469 e. The zero-order valence-corrected chi connectivity index (χ0v) is 11.6. The normalized spacial score (nSPS) is 9.94. The first-order valence-corrected chi connectivity index (χ1v) is 5.97. The lowest BCUT2D eigenvalue weighted by molar-refractivity contribution is -0.384. The highest BCUT2D eigenvalue weighted by molar-refractivity contribution is 14.1. The molecule has 0 fully saturated rings. The molecule has 0 saturated carbocycles. The van der Waals surface area contributed by atoms with Crippen molar-refractivity contribution in [1.82, 2.24) is 0 Å². The molecule has 8 heteroatoms. The highest BCUT2D eigenvalue weighted by Crippen LogP contribution is 2.28. The third-order valence-electron chi connectivity index (χ3n) is 2.11. The number of carbonyl (C=O) groups excluding carboxylic acids is 1. The van der Waals surface area contributed by atoms with Crippen molar-refractivity contribution in [3.05, 3.63) is 31.6 Å². The second-order valence-electron chi connectivity index (χ2n) is 3.29. The predicted molar refractivity (Wildman–Crippen MR) is 70.9 cm³/mol. The summed E-state index contributed by atoms with van der Waals surface area (Å²) in [4.78, 5) is 21.0. The quantitative estimate of drug-likeness (QED) is 0.373. The molecule has 0 amide bonds. The van der Waals surface area contributed by atoms with Crippen LogP contribution in [0, 0.1) is 19.5 Å². The van der Waals surface area contributed by atoms with E-state index in [0.717, 1.165) is 12.1 Å². The molecule has 0 heterocycles. The maximum atomic E-state index is 13.3. The Morgan fingerprint density at radius 1 is 1.61 bits per heavy atom. The SMILES string of the molecule is COC(=O)CCNc1cc(F)c(I)cc1[N+](=O)[O-]. The van der Waals surface area contributed by atoms with Gasteiger partial charge in [0.25, 0.3) is 5.69 Å². The molecule has 0 aliphatic rings. The molecule has 98 valence electrons. The van der Waals surface area contributed by atoms with Gasteiger partial charge in [-0.2, -0.15) is 0 Å². The van der Waals surface area contributed by atoms with Crippen LogP contribution in [0.15, 0.2) is 12.1 Å². The van der Waals surface area contributed by atoms with Crippen molar-refractivity contribution in [2.45, 2.75) is 6.42 Å². The maximum absolute atomic E-state index is 13.3. The lowest BCUT2D eigenvalue weighted by Crippen LogP contribution is -2.11. The summed E-state index contributed by atoms with van der Waals surface area (Å²) >= 11 is 1.67. The van der Waals surface area contributed by atoms with Crippen LogP contribution in [0.4, 0.5) is 15.8 Å². The Morgan fingerprint density at radius 2 is 2.28 bits per heavy atom. The molecule has 1 aromatic rings. The molecule has 0 radical (unpaired) electrons. The van der Waals surface area contributed by atoms with E-state index in [1.54, 1.807) is 22.6 Å². The lowest BCUT2D eigenvalue weighted by atomic mass is 10.2. The van der Waals surface area contributed by atoms with Crippen LogP contribution in [0.25, 0.3) is 0 Å². The number of methoxy groups -OCH3 is 1. The van der Waals surface area contributed by atoms with Gasteiger partial charge in [-0.25, -0.2) is 4.39 Å². The van der Waals surface area contributed by atoms with E-state index in [1.165, 1.54) is 7.11 Å². The maximum Gasteiger partial charge on any atom is 0.307 e. The second-order valence-corrected chi connectivity index (χ2v) is 4.46. The van der Waals surface area contributed by atoms with Crippen LogP contribution in [0.1, 0.15) is 6.42 Å². The monoisotopic (exact) mass is 368 g/mol. The van der Waals surface area contributed by atoms with Gasteiger partial charge in [-0.1, -0.05) is 0 Å². The lowest BCUT2D eigenvalue weighted by Gasteiger charge is -2.07. The highest BCUT2D eigenvalue weighted by Gasteiger charge is 2.17. The number of esters is 1. The number of nitrogens with one attached hydrogen (secondary N) is 1. The number of halogens is 2. The Hall–Kier alpha value is -1.45. The zero-order chi connectivity index (χ0) is 13.7. The smallest absolute Gasteiger partial charge is 0.307 e. The molecule has 1 aromatic carbocycles. The molecule has 0 aliphatic heterocycles. The Kier molecular flexibility index (Phi) is 5.25. The van der Waals surface area contributed by atoms with Gasteiger partial charge in [0.1, 0.15) is 11.5 Å². The third-order valence-corrected chi connectivity index (χ3v) is 2.93. The molecule has 0 aromatic heterocycles. The van der Waals surface area contributed by atoms with Gasteiger partial charge in [-0.15, -0.1) is 0 Å². The van der Waals surface area contributed by atoms with Crippen LogP contribution < -0.4 is 5.32 Å². The van der Waals surface area contributed by atoms with E-state index in [1.807, 2.05) is 0 Å². The molecule has 1 rings (SSSR count). The number of carbonyl (C=O) groups is 1. The summed E-state index contributed by atoms with van der Waals surface area (Å²) in [5, 5.41) is 13.4. The summed E-state index contributed by atoms with van der Waals surface area (Å²) in [7, 11) is 1.25. The summed E-state index contributed by atoms with van der Waals surface area (Å²) in [5.41, 5.74) is -0.188. The minimum absolute atomic E-state index is 0.0429. The number of hydrogen-bond donors (Lipinski definition) is 1. The molecular weight excluding hydrogens is 358 g/mol. The van der Waals surface area contributed by atoms with Crippen molar-refractivity contribution in [3.8, 4) is 0 Å². The van der Waals surface area contributed by atoms with E-state index in [4.69, 9.17) is 0 Å². The fourth-order valence-corrected chi connectivity index (χ4v) is 1.68. The van der Waals surface area contributed by atoms with E-state index in [-0.39, 0.29) is 27.9 Å². The molecule has 6 nitrogen and oxygen atoms in total. The first-order valence-electron chi connectivity index (χ1n) is 4.90. The highest BCUT2D eigenvalue weighted by atomic mass is 127. The number of benzene rings is 1. The van der Waals surface area contributed by atoms with Gasteiger partial charge in [0.15, 0.2) is 0 Å². The van der Waals surface area contributed by atoms with Gasteiger partial charge in [0.05, 0.1) is 22.0 Å². The third kappa shape index (κ3) is 3.79. The zero-order valence-electron chi connectivity index (χ0n) is 9.41. The molecular formula is C10H10FIN2O4. The molecule has 0 saturated heterocycles. The Bertz CT molecular complexity index is 481. The predicted octanol–water partition coefficient (Wildman–Crippen LogP) is 2.31. The van der Waals surface area contributed by atoms with Crippen LogP contribution in [0.3, 0.4) is 0 Å². The number of nitrogens with zero attached hydrogens (tertiary/aromatic N) is 1. The van der Waals surface area contributed by atoms with Crippen molar-refractivity contribution < 1.29 is 18.8 Å². The summed E-state index contributed by atoms with van der Waals surface area (Å²) < 4.78 is 17.9. The second kappa shape index (κ2) is 6.47. The minimum Gasteiger partial charge on any atom is -0.469 e. The number of ether oxygens (including phenoxy) is 1. The Labute approximate surface area is 116 Å². The molecule has 0 unspecified atom stereocenters. The van der Waals surface area contributed by atoms with E-state index in [9.17, 15) is 19.3 Å². The molecule has 0 bridgehead atoms. The summed E-state index contributed by atoms with van der Waals surface area (Å²) in [6, 6.07) is 2.17. The van der Waals surface area contributed by atoms with Crippen molar-refractivity contribution >= 4 is 39.9 Å². The summed E-state index contributed by atoms with van der Waals surface area (Å²) in [6.45, 7) is 0.132. The molecule has 1 N–H and O–H groups in total. The number of anilines is 1. The van der Waals surface area contributed by atoms with Crippen molar-refractivity contribution in [2.24, 2.45) is 0 Å². The van der Waals surface area contributed by atoms with E-state index in [0.29, 0.717) is 0 Å². The number of nitro groups is 1. The summed E-state index contributed by atoms with van der Waals surface area (Å²) in [6.07, 6.45) is 0.0429. The number of nitro benzene ring substituents is 1. The van der Waals surface area contributed by atoms with E-state index in [2.05, 4.69) is 10.1 Å². The first-order chi connectivity index (χ1) is 8.45. The van der Waals surface area contributed by atoms with Gasteiger partial charge < -0.3 is 10.1 Å². The number of rotatable bonds is 5. The van der Waals surface area contributed by atoms with E-state index >= 15 is 0 Å². The van der Waals surface area contributed by atoms with Gasteiger partial charge >= 0.3 is 5.97 Å². The summed E-state index contributed by atoms with van der Waals surface area (Å²) in [5.74, 6) is -1.00. The van der Waals surface area contributed by atoms with Crippen LogP contribution in [-0.4, -0.2) is 24.5 Å². The van der Waals surface area contributed by atoms with Crippen LogP contribution >= 0.6 is 22.6 Å². The van der Waals surface area contributed by atoms with Crippen molar-refractivity contribution in [2.75, 3.05) is 19.0 Å². The molecule has 18 heavy (non-hydrogen) atoms. The minimum atomic E-state index is -0.609. The molecule has 0 spiro atoms. The van der Waals surface area contributed by atoms with Gasteiger partial charge in [-0.05, 0) is 22.6 Å². The molecule has 0 aliphatic carbocycles. The van der Waals surface area contributed by atoms with Gasteiger partial charge in [0, 0.05) is 18.7 Å². The topological polar surface area (TPSA) is 81.5 Å². The van der Waals surface area contributed by atoms with Crippen LogP contribution in [0.5, 0.6) is 0 Å². The number of hydrogen-bond acceptors (Lipinski definition) is 5. The Morgan fingerprint density at radius 3 is 2.83 bits per heavy atom. The van der Waals surface area contributed by atoms with Crippen molar-refractivity contribution in [1.29, 1.82) is 0 Å². The van der Waals surface area contributed by atoms with Crippen molar-refractivity contribution in [3.63, 3.8) is 0 Å². The average Bonchev–Trinajstić information content (AvgIpc) is 2.32. The van der Waals surface area contributed by atoms with Gasteiger partial charge in [0.2, 0.25) is 0 Å². The molecule has 0 atom stereocenters. The van der Waals surface area contributed by atoms with Crippen LogP contribution in [-0.2, 0) is 9.53 Å². The standard InChI is InChI=1S/C10H10FIN2O4/c1-18-10(15)2-3-13-8-4-6(11)7(12)5-9(8)14(16)17/h4-5,13H,2-3H2,1H3. The fourth-order valence-electron chi connectivity index (χ4n) is 1.23. The van der Waals surface area contributed by atoms with Gasteiger partial charge in [-0.3, -0.25) is 14.9 Å².